The van der Waals surface area contributed by atoms with Gasteiger partial charge in [-0.05, 0) is 12.1 Å². The van der Waals surface area contributed by atoms with E-state index in [0.29, 0.717) is 0 Å². The van der Waals surface area contributed by atoms with Crippen LogP contribution in [0.25, 0.3) is 0 Å². The highest BCUT2D eigenvalue weighted by molar-refractivity contribution is 8.13. The average Bonchev–Trinajstić information content (AvgIpc) is 2.15. The predicted octanol–water partition coefficient (Wildman–Crippen LogP) is 1.77. The zero-order valence-electron chi connectivity index (χ0n) is 6.91. The molecule has 1 aromatic carbocycles. The molecule has 0 aliphatic heterocycles. The van der Waals surface area contributed by atoms with Gasteiger partial charge in [-0.25, -0.2) is 12.8 Å². The lowest BCUT2D eigenvalue weighted by atomic mass is 10.1. The fourth-order valence-electron chi connectivity index (χ4n) is 0.982. The first-order chi connectivity index (χ1) is 6.46. The highest BCUT2D eigenvalue weighted by atomic mass is 35.7. The molecule has 0 amide bonds. The van der Waals surface area contributed by atoms with Crippen LogP contribution in [0.1, 0.15) is 10.4 Å². The molecule has 0 fully saturated rings. The van der Waals surface area contributed by atoms with Crippen LogP contribution in [0.15, 0.2) is 29.2 Å². The molecule has 1 rings (SSSR count). The molecule has 0 aliphatic carbocycles. The summed E-state index contributed by atoms with van der Waals surface area (Å²) in [6.07, 6.45) is 0. The van der Waals surface area contributed by atoms with Crippen LogP contribution in [0.3, 0.4) is 0 Å². The van der Waals surface area contributed by atoms with Gasteiger partial charge in [0.1, 0.15) is 0 Å². The summed E-state index contributed by atoms with van der Waals surface area (Å²) in [5.74, 6) is -0.898. The van der Waals surface area contributed by atoms with Crippen molar-refractivity contribution in [3.63, 3.8) is 0 Å². The minimum absolute atomic E-state index is 0.218. The van der Waals surface area contributed by atoms with E-state index in [0.717, 1.165) is 6.07 Å². The Labute approximate surface area is 84.9 Å². The Morgan fingerprint density at radius 3 is 2.43 bits per heavy atom. The van der Waals surface area contributed by atoms with E-state index in [1.807, 2.05) is 0 Å². The van der Waals surface area contributed by atoms with Gasteiger partial charge in [0, 0.05) is 16.2 Å². The van der Waals surface area contributed by atoms with E-state index in [4.69, 9.17) is 10.7 Å². The molecular weight excluding hydrogens is 231 g/mol. The summed E-state index contributed by atoms with van der Waals surface area (Å²) >= 11 is 0. The van der Waals surface area contributed by atoms with E-state index in [9.17, 15) is 17.6 Å². The SMILES string of the molecule is O=C(CF)c1ccccc1S(=O)(=O)Cl. The van der Waals surface area contributed by atoms with E-state index in [1.165, 1.54) is 18.2 Å². The Kier molecular flexibility index (Phi) is 3.23. The van der Waals surface area contributed by atoms with Crippen molar-refractivity contribution in [2.45, 2.75) is 4.90 Å². The van der Waals surface area contributed by atoms with Crippen molar-refractivity contribution < 1.29 is 17.6 Å². The number of hydrogen-bond acceptors (Lipinski definition) is 3. The third-order valence-corrected chi connectivity index (χ3v) is 2.95. The average molecular weight is 237 g/mol. The van der Waals surface area contributed by atoms with Crippen LogP contribution in [0.2, 0.25) is 0 Å². The molecule has 0 radical (unpaired) electrons. The lowest BCUT2D eigenvalue weighted by molar-refractivity contribution is 0.0955. The van der Waals surface area contributed by atoms with Crippen molar-refractivity contribution in [2.75, 3.05) is 6.67 Å². The molecule has 1 aromatic rings. The predicted molar refractivity (Wildman–Crippen MR) is 49.8 cm³/mol. The summed E-state index contributed by atoms with van der Waals surface area (Å²) in [7, 11) is 1.06. The number of ketones is 1. The molecule has 0 spiro atoms. The Hall–Kier alpha value is -0.940. The minimum atomic E-state index is -4.00. The number of Topliss-reactive ketones (excluding diaryl/α,β-unsaturated/α-hetero) is 1. The van der Waals surface area contributed by atoms with Crippen LogP contribution in [0.4, 0.5) is 4.39 Å². The van der Waals surface area contributed by atoms with Gasteiger partial charge in [0.2, 0.25) is 0 Å². The molecule has 0 bridgehead atoms. The summed E-state index contributed by atoms with van der Waals surface area (Å²) < 4.78 is 34.0. The second kappa shape index (κ2) is 4.06. The second-order valence-corrected chi connectivity index (χ2v) is 5.03. The normalized spacial score (nSPS) is 11.3. The fraction of sp³-hybridized carbons (Fsp3) is 0.125. The van der Waals surface area contributed by atoms with E-state index in [1.54, 1.807) is 0 Å². The topological polar surface area (TPSA) is 51.2 Å². The van der Waals surface area contributed by atoms with E-state index in [2.05, 4.69) is 0 Å². The maximum atomic E-state index is 12.1. The lowest BCUT2D eigenvalue weighted by Gasteiger charge is -2.02. The molecular formula is C8H6ClFO3S. The first-order valence-corrected chi connectivity index (χ1v) is 5.90. The van der Waals surface area contributed by atoms with Crippen LogP contribution in [-0.2, 0) is 9.05 Å². The van der Waals surface area contributed by atoms with Crippen molar-refractivity contribution in [3.05, 3.63) is 29.8 Å². The van der Waals surface area contributed by atoms with Gasteiger partial charge < -0.3 is 0 Å². The smallest absolute Gasteiger partial charge is 0.262 e. The highest BCUT2D eigenvalue weighted by Crippen LogP contribution is 2.20. The van der Waals surface area contributed by atoms with Gasteiger partial charge in [-0.15, -0.1) is 0 Å². The Bertz CT molecular complexity index is 455. The zero-order chi connectivity index (χ0) is 10.8. The molecule has 0 atom stereocenters. The summed E-state index contributed by atoms with van der Waals surface area (Å²) in [4.78, 5) is 10.6. The van der Waals surface area contributed by atoms with Gasteiger partial charge >= 0.3 is 0 Å². The van der Waals surface area contributed by atoms with Gasteiger partial charge in [-0.2, -0.15) is 0 Å². The fourth-order valence-corrected chi connectivity index (χ4v) is 2.07. The maximum absolute atomic E-state index is 12.1. The Balaban J connectivity index is 3.38. The molecule has 0 saturated heterocycles. The van der Waals surface area contributed by atoms with Crippen LogP contribution in [-0.4, -0.2) is 20.9 Å². The van der Waals surface area contributed by atoms with Crippen LogP contribution >= 0.6 is 10.7 Å². The van der Waals surface area contributed by atoms with Crippen LogP contribution in [0.5, 0.6) is 0 Å². The standard InChI is InChI=1S/C8H6ClFO3S/c9-14(12,13)8-4-2-1-3-6(8)7(11)5-10/h1-4H,5H2. The minimum Gasteiger partial charge on any atom is -0.291 e. The van der Waals surface area contributed by atoms with Crippen molar-refractivity contribution in [1.29, 1.82) is 0 Å². The van der Waals surface area contributed by atoms with Gasteiger partial charge in [-0.1, -0.05) is 12.1 Å². The van der Waals surface area contributed by atoms with E-state index >= 15 is 0 Å². The third-order valence-electron chi connectivity index (χ3n) is 1.57. The Morgan fingerprint density at radius 2 is 1.93 bits per heavy atom. The van der Waals surface area contributed by atoms with Gasteiger partial charge in [0.05, 0.1) is 4.90 Å². The van der Waals surface area contributed by atoms with E-state index < -0.39 is 21.5 Å². The van der Waals surface area contributed by atoms with Crippen molar-refractivity contribution >= 4 is 25.5 Å². The van der Waals surface area contributed by atoms with Crippen LogP contribution in [0, 0.1) is 0 Å². The van der Waals surface area contributed by atoms with Crippen molar-refractivity contribution in [3.8, 4) is 0 Å². The van der Waals surface area contributed by atoms with Gasteiger partial charge in [0.25, 0.3) is 9.05 Å². The van der Waals surface area contributed by atoms with Crippen molar-refractivity contribution in [2.24, 2.45) is 0 Å². The zero-order valence-corrected chi connectivity index (χ0v) is 8.48. The quantitative estimate of drug-likeness (QED) is 0.594. The largest absolute Gasteiger partial charge is 0.291 e. The number of halogens is 2. The molecule has 76 valence electrons. The number of rotatable bonds is 3. The molecule has 6 heteroatoms. The first kappa shape index (κ1) is 11.1. The van der Waals surface area contributed by atoms with Gasteiger partial charge in [-0.3, -0.25) is 4.79 Å². The summed E-state index contributed by atoms with van der Waals surface area (Å²) in [6, 6.07) is 5.22. The molecule has 0 aliphatic rings. The number of hydrogen-bond donors (Lipinski definition) is 0. The molecule has 0 N–H and O–H groups in total. The molecule has 3 nitrogen and oxygen atoms in total. The Morgan fingerprint density at radius 1 is 1.36 bits per heavy atom. The molecule has 0 heterocycles. The molecule has 14 heavy (non-hydrogen) atoms. The number of benzene rings is 1. The lowest BCUT2D eigenvalue weighted by Crippen LogP contribution is -2.06. The summed E-state index contributed by atoms with van der Waals surface area (Å²) in [5, 5.41) is 0. The number of carbonyl (C=O) groups excluding carboxylic acids is 1. The van der Waals surface area contributed by atoms with Crippen LogP contribution < -0.4 is 0 Å². The monoisotopic (exact) mass is 236 g/mol. The number of alkyl halides is 1. The second-order valence-electron chi connectivity index (χ2n) is 2.49. The molecule has 0 saturated carbocycles. The maximum Gasteiger partial charge on any atom is 0.262 e. The number of carbonyl (C=O) groups is 1. The van der Waals surface area contributed by atoms with Gasteiger partial charge in [0.15, 0.2) is 12.5 Å². The molecule has 0 unspecified atom stereocenters. The summed E-state index contributed by atoms with van der Waals surface area (Å²) in [5.41, 5.74) is -0.218. The highest BCUT2D eigenvalue weighted by Gasteiger charge is 2.19. The summed E-state index contributed by atoms with van der Waals surface area (Å²) in [6.45, 7) is -1.25. The third kappa shape index (κ3) is 2.30. The van der Waals surface area contributed by atoms with E-state index in [-0.39, 0.29) is 10.5 Å². The first-order valence-electron chi connectivity index (χ1n) is 3.59. The van der Waals surface area contributed by atoms with Crippen molar-refractivity contribution in [1.82, 2.24) is 0 Å². The molecule has 0 aromatic heterocycles.